The van der Waals surface area contributed by atoms with E-state index in [9.17, 15) is 57.8 Å². The Morgan fingerprint density at radius 3 is 1.99 bits per heavy atom. The second-order valence-corrected chi connectivity index (χ2v) is 19.6. The van der Waals surface area contributed by atoms with Gasteiger partial charge in [-0.25, -0.2) is 0 Å². The van der Waals surface area contributed by atoms with Crippen LogP contribution in [0.3, 0.4) is 0 Å². The predicted molar refractivity (Wildman–Crippen MR) is 254 cm³/mol. The van der Waals surface area contributed by atoms with Gasteiger partial charge in [-0.2, -0.15) is 0 Å². The zero-order valence-electron chi connectivity index (χ0n) is 39.1. The number of amides is 11. The van der Waals surface area contributed by atoms with Gasteiger partial charge in [0.15, 0.2) is 0 Å². The number of hydrogen-bond donors (Lipinski definition) is 12. The van der Waals surface area contributed by atoms with Crippen molar-refractivity contribution >= 4 is 86.6 Å². The zero-order valence-corrected chi connectivity index (χ0v) is 40.7. The van der Waals surface area contributed by atoms with E-state index in [0.29, 0.717) is 24.8 Å². The predicted octanol–water partition coefficient (Wildman–Crippen LogP) is -3.61. The first-order chi connectivity index (χ1) is 32.6. The van der Waals surface area contributed by atoms with E-state index in [-0.39, 0.29) is 36.6 Å². The third kappa shape index (κ3) is 18.0. The lowest BCUT2D eigenvalue weighted by molar-refractivity contribution is -0.142. The standard InChI is InChI=1S/C43H66N12O12S2/c1-5-21(3)34(41(65)48-18-33(47)59)54-40(64)30-8-7-15-55(30)43(67)29-20-69-68-19-25(44)36(60)50-27(16-23-9-11-24(56)12-10-23)39(63)53-35(22(4)6-2)42(66)49-26(13-14-31(45)57)37(61)51-28(17-32(46)58)38(62)52-29/h9-12,21-22,25-30,34-35,56H,5-8,13-20,44H2,1-4H3,(H2,45,57)(H2,46,58)(H2,47,59)(H,48,65)(H,49,66)(H,50,60)(H,51,61)(H,52,62)(H,53,63)(H,54,64). The normalized spacial score (nSPS) is 24.7. The van der Waals surface area contributed by atoms with Crippen molar-refractivity contribution < 1.29 is 57.8 Å². The molecule has 11 amide bonds. The van der Waals surface area contributed by atoms with Gasteiger partial charge in [-0.1, -0.05) is 74.3 Å². The molecule has 1 aromatic carbocycles. The fourth-order valence-corrected chi connectivity index (χ4v) is 9.59. The highest BCUT2D eigenvalue weighted by Crippen LogP contribution is 2.26. The van der Waals surface area contributed by atoms with Gasteiger partial charge in [-0.15, -0.1) is 0 Å². The summed E-state index contributed by atoms with van der Waals surface area (Å²) in [6.07, 6.45) is -0.421. The van der Waals surface area contributed by atoms with Crippen molar-refractivity contribution in [3.63, 3.8) is 0 Å². The summed E-state index contributed by atoms with van der Waals surface area (Å²) in [6.45, 7) is 6.47. The first kappa shape index (κ1) is 57.2. The number of likely N-dealkylation sites (tertiary alicyclic amines) is 1. The molecule has 0 aromatic heterocycles. The molecule has 10 atom stereocenters. The van der Waals surface area contributed by atoms with E-state index in [0.717, 1.165) is 21.6 Å². The van der Waals surface area contributed by atoms with Gasteiger partial charge < -0.3 is 70.2 Å². The Morgan fingerprint density at radius 2 is 1.38 bits per heavy atom. The van der Waals surface area contributed by atoms with E-state index in [1.165, 1.54) is 29.2 Å². The van der Waals surface area contributed by atoms with Crippen molar-refractivity contribution in [1.29, 1.82) is 0 Å². The summed E-state index contributed by atoms with van der Waals surface area (Å²) >= 11 is 0. The fraction of sp³-hybridized carbons (Fsp3) is 0.605. The number of nitrogens with one attached hydrogen (secondary N) is 7. The largest absolute Gasteiger partial charge is 0.508 e. The number of nitrogens with zero attached hydrogens (tertiary/aromatic N) is 1. The minimum atomic E-state index is -1.75. The lowest BCUT2D eigenvalue weighted by Crippen LogP contribution is -2.61. The molecule has 1 aromatic rings. The van der Waals surface area contributed by atoms with Gasteiger partial charge in [0.05, 0.1) is 19.0 Å². The van der Waals surface area contributed by atoms with E-state index < -0.39 is 151 Å². The molecule has 0 saturated carbocycles. The fourth-order valence-electron chi connectivity index (χ4n) is 7.31. The Kier molecular flexibility index (Phi) is 23.0. The number of carbonyl (C=O) groups is 11. The van der Waals surface area contributed by atoms with Crippen molar-refractivity contribution in [3.05, 3.63) is 29.8 Å². The van der Waals surface area contributed by atoms with Crippen LogP contribution >= 0.6 is 21.6 Å². The van der Waals surface area contributed by atoms with Crippen molar-refractivity contribution in [2.45, 2.75) is 127 Å². The van der Waals surface area contributed by atoms with Crippen molar-refractivity contribution in [2.24, 2.45) is 34.8 Å². The molecule has 2 fully saturated rings. The third-order valence-electron chi connectivity index (χ3n) is 11.7. The van der Waals surface area contributed by atoms with E-state index in [2.05, 4.69) is 37.2 Å². The Bertz CT molecular complexity index is 2050. The molecule has 0 aliphatic carbocycles. The SMILES string of the molecule is CCC(C)C1NC(=O)C(Cc2ccc(O)cc2)NC(=O)C(N)CSSCC(C(=O)N2CCCC2C(=O)NC(C(=O)NCC(N)=O)C(C)CC)NC(=O)C(CC(N)=O)NC(=O)C(CCC(N)=O)NC1=O. The monoisotopic (exact) mass is 1010 g/mol. The molecule has 382 valence electrons. The number of rotatable bonds is 17. The summed E-state index contributed by atoms with van der Waals surface area (Å²) in [5, 5.41) is 27.7. The molecule has 26 heteroatoms. The minimum absolute atomic E-state index is 0.0468. The lowest BCUT2D eigenvalue weighted by atomic mass is 9.96. The Labute approximate surface area is 407 Å². The second kappa shape index (κ2) is 27.7. The van der Waals surface area contributed by atoms with Crippen LogP contribution in [0.4, 0.5) is 0 Å². The number of phenolic OH excluding ortho intramolecular Hbond substituents is 1. The van der Waals surface area contributed by atoms with E-state index in [1.54, 1.807) is 27.7 Å². The molecular weight excluding hydrogens is 941 g/mol. The van der Waals surface area contributed by atoms with Crippen LogP contribution in [0.25, 0.3) is 0 Å². The first-order valence-electron chi connectivity index (χ1n) is 22.6. The van der Waals surface area contributed by atoms with Crippen LogP contribution < -0.4 is 60.2 Å². The highest BCUT2D eigenvalue weighted by atomic mass is 33.1. The van der Waals surface area contributed by atoms with Gasteiger partial charge in [0.2, 0.25) is 65.0 Å². The van der Waals surface area contributed by atoms with Crippen LogP contribution in [0.1, 0.15) is 78.2 Å². The highest BCUT2D eigenvalue weighted by molar-refractivity contribution is 8.76. The summed E-state index contributed by atoms with van der Waals surface area (Å²) in [7, 11) is 2.05. The smallest absolute Gasteiger partial charge is 0.246 e. The maximum atomic E-state index is 14.5. The number of phenols is 1. The molecule has 69 heavy (non-hydrogen) atoms. The topological polar surface area (TPSA) is 400 Å². The van der Waals surface area contributed by atoms with Crippen molar-refractivity contribution in [2.75, 3.05) is 24.6 Å². The number of carbonyl (C=O) groups excluding carboxylic acids is 11. The summed E-state index contributed by atoms with van der Waals surface area (Å²) in [5.74, 6) is -10.7. The van der Waals surface area contributed by atoms with E-state index >= 15 is 0 Å². The summed E-state index contributed by atoms with van der Waals surface area (Å²) in [5.41, 5.74) is 22.9. The minimum Gasteiger partial charge on any atom is -0.508 e. The number of nitrogens with two attached hydrogens (primary N) is 4. The quantitative estimate of drug-likeness (QED) is 0.0671. The Hall–Kier alpha value is -6.15. The molecule has 0 radical (unpaired) electrons. The maximum Gasteiger partial charge on any atom is 0.246 e. The van der Waals surface area contributed by atoms with Gasteiger partial charge in [0.25, 0.3) is 0 Å². The molecule has 16 N–H and O–H groups in total. The van der Waals surface area contributed by atoms with E-state index in [1.807, 2.05) is 0 Å². The molecule has 2 saturated heterocycles. The van der Waals surface area contributed by atoms with Crippen molar-refractivity contribution in [1.82, 2.24) is 42.1 Å². The highest BCUT2D eigenvalue weighted by Gasteiger charge is 2.41. The van der Waals surface area contributed by atoms with Gasteiger partial charge in [-0.3, -0.25) is 52.7 Å². The average molecular weight is 1010 g/mol. The number of aromatic hydroxyl groups is 1. The van der Waals surface area contributed by atoms with Gasteiger partial charge in [0, 0.05) is 30.9 Å². The van der Waals surface area contributed by atoms with Gasteiger partial charge >= 0.3 is 0 Å². The molecular formula is C43H66N12O12S2. The first-order valence-corrected chi connectivity index (χ1v) is 25.1. The summed E-state index contributed by atoms with van der Waals surface area (Å²) in [6, 6.07) is -5.06. The van der Waals surface area contributed by atoms with E-state index in [4.69, 9.17) is 22.9 Å². The summed E-state index contributed by atoms with van der Waals surface area (Å²) < 4.78 is 0. The van der Waals surface area contributed by atoms with Crippen LogP contribution in [0, 0.1) is 11.8 Å². The molecule has 3 rings (SSSR count). The molecule has 24 nitrogen and oxygen atoms in total. The molecule has 2 heterocycles. The molecule has 10 unspecified atom stereocenters. The maximum absolute atomic E-state index is 14.5. The van der Waals surface area contributed by atoms with Crippen LogP contribution in [-0.4, -0.2) is 148 Å². The number of benzene rings is 1. The molecule has 0 bridgehead atoms. The average Bonchev–Trinajstić information content (AvgIpc) is 3.80. The van der Waals surface area contributed by atoms with Crippen LogP contribution in [0.15, 0.2) is 24.3 Å². The van der Waals surface area contributed by atoms with Crippen LogP contribution in [0.2, 0.25) is 0 Å². The Morgan fingerprint density at radius 1 is 0.768 bits per heavy atom. The molecule has 0 spiro atoms. The second-order valence-electron chi connectivity index (χ2n) is 17.1. The summed E-state index contributed by atoms with van der Waals surface area (Å²) in [4.78, 5) is 148. The third-order valence-corrected chi connectivity index (χ3v) is 14.2. The van der Waals surface area contributed by atoms with Gasteiger partial charge in [-0.05, 0) is 48.8 Å². The Balaban J connectivity index is 2.06. The van der Waals surface area contributed by atoms with Crippen LogP contribution in [-0.2, 0) is 59.2 Å². The number of hydrogen-bond acceptors (Lipinski definition) is 15. The number of primary amides is 3. The van der Waals surface area contributed by atoms with Crippen LogP contribution in [0.5, 0.6) is 5.75 Å². The zero-order chi connectivity index (χ0) is 51.5. The molecule has 2 aliphatic rings. The van der Waals surface area contributed by atoms with Crippen molar-refractivity contribution in [3.8, 4) is 5.75 Å². The lowest BCUT2D eigenvalue weighted by Gasteiger charge is -2.31. The molecule has 2 aliphatic heterocycles. The van der Waals surface area contributed by atoms with Gasteiger partial charge in [0.1, 0.15) is 48.0 Å².